The normalized spacial score (nSPS) is 19.0. The Balaban J connectivity index is 2.03. The second-order valence-corrected chi connectivity index (χ2v) is 5.74. The van der Waals surface area contributed by atoms with E-state index in [2.05, 4.69) is 5.10 Å². The molecule has 1 aliphatic rings. The number of esters is 1. The summed E-state index contributed by atoms with van der Waals surface area (Å²) in [5.41, 5.74) is -1.09. The molecular formula is C19H18N2O5. The van der Waals surface area contributed by atoms with Crippen LogP contribution >= 0.6 is 0 Å². The molecule has 0 aliphatic carbocycles. The molecule has 0 unspecified atom stereocenters. The summed E-state index contributed by atoms with van der Waals surface area (Å²) in [6, 6.07) is 15.0. The molecule has 1 aliphatic heterocycles. The Morgan fingerprint density at radius 2 is 1.73 bits per heavy atom. The number of rotatable bonds is 4. The highest BCUT2D eigenvalue weighted by Crippen LogP contribution is 2.37. The highest BCUT2D eigenvalue weighted by Gasteiger charge is 2.48. The number of hydrogen-bond acceptors (Lipinski definition) is 6. The van der Waals surface area contributed by atoms with Crippen molar-refractivity contribution in [2.45, 2.75) is 12.1 Å². The molecule has 134 valence electrons. The Bertz CT molecular complexity index is 848. The summed E-state index contributed by atoms with van der Waals surface area (Å²) in [5.74, 6) is -0.617. The number of aliphatic hydroxyl groups is 1. The van der Waals surface area contributed by atoms with Crippen LogP contribution in [0.5, 0.6) is 5.75 Å². The summed E-state index contributed by atoms with van der Waals surface area (Å²) in [5, 5.41) is 16.3. The van der Waals surface area contributed by atoms with Crippen LogP contribution in [0.1, 0.15) is 22.3 Å². The van der Waals surface area contributed by atoms with E-state index in [-0.39, 0.29) is 12.1 Å². The van der Waals surface area contributed by atoms with Gasteiger partial charge in [0.1, 0.15) is 5.75 Å². The molecule has 7 nitrogen and oxygen atoms in total. The first-order valence-electron chi connectivity index (χ1n) is 7.92. The largest absolute Gasteiger partial charge is 0.497 e. The quantitative estimate of drug-likeness (QED) is 0.848. The highest BCUT2D eigenvalue weighted by atomic mass is 16.5. The molecule has 0 aromatic heterocycles. The summed E-state index contributed by atoms with van der Waals surface area (Å²) in [6.45, 7) is 0. The van der Waals surface area contributed by atoms with E-state index in [4.69, 9.17) is 9.47 Å². The maximum atomic E-state index is 12.9. The lowest BCUT2D eigenvalue weighted by Crippen LogP contribution is -2.43. The first kappa shape index (κ1) is 17.6. The molecule has 0 saturated carbocycles. The van der Waals surface area contributed by atoms with Crippen LogP contribution in [0.3, 0.4) is 0 Å². The number of nitrogens with zero attached hydrogens (tertiary/aromatic N) is 2. The highest BCUT2D eigenvalue weighted by molar-refractivity contribution is 6.37. The van der Waals surface area contributed by atoms with Crippen LogP contribution in [0, 0.1) is 0 Å². The minimum atomic E-state index is -1.80. The van der Waals surface area contributed by atoms with Gasteiger partial charge in [-0.15, -0.1) is 0 Å². The van der Waals surface area contributed by atoms with Crippen molar-refractivity contribution in [1.82, 2.24) is 5.01 Å². The predicted octanol–water partition coefficient (Wildman–Crippen LogP) is 1.92. The van der Waals surface area contributed by atoms with Crippen molar-refractivity contribution in [2.75, 3.05) is 14.2 Å². The fourth-order valence-corrected chi connectivity index (χ4v) is 2.78. The number of methoxy groups -OCH3 is 2. The Labute approximate surface area is 150 Å². The van der Waals surface area contributed by atoms with Crippen LogP contribution < -0.4 is 4.74 Å². The Hall–Kier alpha value is -3.19. The summed E-state index contributed by atoms with van der Waals surface area (Å²) < 4.78 is 9.82. The van der Waals surface area contributed by atoms with E-state index in [1.165, 1.54) is 14.2 Å². The van der Waals surface area contributed by atoms with Gasteiger partial charge in [-0.1, -0.05) is 30.3 Å². The van der Waals surface area contributed by atoms with E-state index in [1.807, 2.05) is 0 Å². The first-order chi connectivity index (χ1) is 12.5. The molecule has 0 bridgehead atoms. The molecule has 3 rings (SSSR count). The zero-order valence-corrected chi connectivity index (χ0v) is 14.4. The molecule has 1 N–H and O–H groups in total. The fraction of sp³-hybridized carbons (Fsp3) is 0.211. The maximum absolute atomic E-state index is 12.9. The first-order valence-corrected chi connectivity index (χ1v) is 7.92. The molecule has 7 heteroatoms. The molecule has 2 aromatic rings. The third kappa shape index (κ3) is 3.04. The van der Waals surface area contributed by atoms with Gasteiger partial charge in [0.05, 0.1) is 20.6 Å². The fourth-order valence-electron chi connectivity index (χ4n) is 2.78. The van der Waals surface area contributed by atoms with Crippen LogP contribution in [-0.4, -0.2) is 41.9 Å². The van der Waals surface area contributed by atoms with Crippen molar-refractivity contribution in [1.29, 1.82) is 0 Å². The average Bonchev–Trinajstić information content (AvgIpc) is 3.06. The molecule has 0 spiro atoms. The van der Waals surface area contributed by atoms with Crippen molar-refractivity contribution in [3.8, 4) is 5.75 Å². The second-order valence-electron chi connectivity index (χ2n) is 5.74. The summed E-state index contributed by atoms with van der Waals surface area (Å²) in [4.78, 5) is 24.8. The van der Waals surface area contributed by atoms with E-state index < -0.39 is 17.6 Å². The van der Waals surface area contributed by atoms with Gasteiger partial charge in [-0.05, 0) is 24.3 Å². The van der Waals surface area contributed by atoms with Crippen LogP contribution in [0.15, 0.2) is 59.7 Å². The number of carbonyl (C=O) groups is 2. The monoisotopic (exact) mass is 354 g/mol. The number of carbonyl (C=O) groups excluding carboxylic acids is 2. The number of benzene rings is 2. The minimum Gasteiger partial charge on any atom is -0.497 e. The van der Waals surface area contributed by atoms with Gasteiger partial charge >= 0.3 is 5.97 Å². The van der Waals surface area contributed by atoms with Crippen LogP contribution in [0.25, 0.3) is 0 Å². The molecule has 2 aromatic carbocycles. The van der Waals surface area contributed by atoms with E-state index >= 15 is 0 Å². The van der Waals surface area contributed by atoms with Crippen LogP contribution in [0.4, 0.5) is 0 Å². The van der Waals surface area contributed by atoms with E-state index in [0.717, 1.165) is 5.01 Å². The van der Waals surface area contributed by atoms with Crippen molar-refractivity contribution in [3.63, 3.8) is 0 Å². The third-order valence-electron chi connectivity index (χ3n) is 4.17. The lowest BCUT2D eigenvalue weighted by Gasteiger charge is -2.31. The van der Waals surface area contributed by atoms with Gasteiger partial charge in [0.25, 0.3) is 5.91 Å². The van der Waals surface area contributed by atoms with Gasteiger partial charge in [-0.25, -0.2) is 4.79 Å². The Kier molecular flexibility index (Phi) is 4.73. The number of hydrogen-bond donors (Lipinski definition) is 1. The standard InChI is InChI=1S/C19H18N2O5/c1-25-15-10-8-14(9-11-15)19(24)12-16(18(23)26-2)20-21(19)17(22)13-6-4-3-5-7-13/h3-11,24H,12H2,1-2H3/t19-/m0/s1. The topological polar surface area (TPSA) is 88.4 Å². The number of hydrazone groups is 1. The van der Waals surface area contributed by atoms with Gasteiger partial charge in [-0.2, -0.15) is 10.1 Å². The van der Waals surface area contributed by atoms with E-state index in [0.29, 0.717) is 16.9 Å². The van der Waals surface area contributed by atoms with Crippen molar-refractivity contribution in [2.24, 2.45) is 5.10 Å². The van der Waals surface area contributed by atoms with Gasteiger partial charge in [0.15, 0.2) is 11.4 Å². The van der Waals surface area contributed by atoms with Crippen molar-refractivity contribution in [3.05, 3.63) is 65.7 Å². The molecule has 1 amide bonds. The average molecular weight is 354 g/mol. The van der Waals surface area contributed by atoms with Crippen molar-refractivity contribution >= 4 is 17.6 Å². The summed E-state index contributed by atoms with van der Waals surface area (Å²) in [6.07, 6.45) is -0.176. The van der Waals surface area contributed by atoms with Gasteiger partial charge in [0.2, 0.25) is 0 Å². The molecular weight excluding hydrogens is 336 g/mol. The molecule has 0 radical (unpaired) electrons. The van der Waals surface area contributed by atoms with Gasteiger partial charge < -0.3 is 14.6 Å². The minimum absolute atomic E-state index is 0.0323. The van der Waals surface area contributed by atoms with E-state index in [1.54, 1.807) is 54.6 Å². The third-order valence-corrected chi connectivity index (χ3v) is 4.17. The summed E-state index contributed by atoms with van der Waals surface area (Å²) in [7, 11) is 2.75. The van der Waals surface area contributed by atoms with Gasteiger partial charge in [0, 0.05) is 11.1 Å². The lowest BCUT2D eigenvalue weighted by atomic mass is 9.96. The smallest absolute Gasteiger partial charge is 0.354 e. The molecule has 0 saturated heterocycles. The van der Waals surface area contributed by atoms with Crippen molar-refractivity contribution < 1.29 is 24.2 Å². The zero-order valence-electron chi connectivity index (χ0n) is 14.4. The van der Waals surface area contributed by atoms with E-state index in [9.17, 15) is 14.7 Å². The Morgan fingerprint density at radius 3 is 2.31 bits per heavy atom. The predicted molar refractivity (Wildman–Crippen MR) is 93.6 cm³/mol. The van der Waals surface area contributed by atoms with Gasteiger partial charge in [-0.3, -0.25) is 4.79 Å². The molecule has 0 fully saturated rings. The summed E-state index contributed by atoms with van der Waals surface area (Å²) >= 11 is 0. The maximum Gasteiger partial charge on any atom is 0.354 e. The number of amides is 1. The lowest BCUT2D eigenvalue weighted by molar-refractivity contribution is -0.133. The zero-order chi connectivity index (χ0) is 18.7. The molecule has 1 atom stereocenters. The second kappa shape index (κ2) is 6.97. The molecule has 1 heterocycles. The number of ether oxygens (including phenoxy) is 2. The molecule has 26 heavy (non-hydrogen) atoms. The SMILES string of the molecule is COC(=O)C1=NN(C(=O)c2ccccc2)[C@@](O)(c2ccc(OC)cc2)C1. The Morgan fingerprint density at radius 1 is 1.08 bits per heavy atom. The van der Waals surface area contributed by atoms with Crippen LogP contribution in [-0.2, 0) is 15.3 Å². The van der Waals surface area contributed by atoms with Crippen LogP contribution in [0.2, 0.25) is 0 Å².